The Bertz CT molecular complexity index is 678. The minimum absolute atomic E-state index is 0.684. The third-order valence-corrected chi connectivity index (χ3v) is 5.91. The molecule has 0 spiro atoms. The zero-order chi connectivity index (χ0) is 17.5. The van der Waals surface area contributed by atoms with Gasteiger partial charge in [0, 0.05) is 57.3 Å². The molecule has 1 heterocycles. The molecule has 0 radical (unpaired) electrons. The molecule has 4 nitrogen and oxygen atoms in total. The number of nitrogens with one attached hydrogen (secondary N) is 1. The van der Waals surface area contributed by atoms with Crippen molar-refractivity contribution >= 4 is 57.3 Å². The van der Waals surface area contributed by atoms with E-state index in [9.17, 15) is 0 Å². The topological polar surface area (TPSA) is 36.9 Å². The number of aromatic amines is 1. The van der Waals surface area contributed by atoms with Crippen molar-refractivity contribution in [3.05, 3.63) is 44.5 Å². The van der Waals surface area contributed by atoms with Gasteiger partial charge in [0.25, 0.3) is 0 Å². The molecule has 3 rings (SSSR count). The van der Waals surface area contributed by atoms with E-state index < -0.39 is 0 Å². The summed E-state index contributed by atoms with van der Waals surface area (Å²) in [4.78, 5) is 3.35. The zero-order valence-electron chi connectivity index (χ0n) is 13.4. The molecule has 0 amide bonds. The van der Waals surface area contributed by atoms with Gasteiger partial charge in [0.15, 0.2) is 0 Å². The molecule has 136 valence electrons. The van der Waals surface area contributed by atoms with E-state index in [-0.39, 0.29) is 0 Å². The molecule has 1 aliphatic carbocycles. The molecule has 0 bridgehead atoms. The molecule has 1 fully saturated rings. The van der Waals surface area contributed by atoms with Crippen molar-refractivity contribution in [1.82, 2.24) is 16.1 Å². The van der Waals surface area contributed by atoms with Crippen LogP contribution in [0.5, 0.6) is 0 Å². The SMILES string of the molecule is Clc1ccc(CN(I)I)cc1.Cn1nc(C2CCCCC2)[nH][c]1=[Pt]. The first-order valence-electron chi connectivity index (χ1n) is 7.88. The first kappa shape index (κ1) is 21.1. The summed E-state index contributed by atoms with van der Waals surface area (Å²) in [6.45, 7) is 0.943. The molecule has 0 unspecified atom stereocenters. The summed E-state index contributed by atoms with van der Waals surface area (Å²) in [5.41, 5.74) is 1.28. The number of halogens is 3. The number of H-pyrrole nitrogens is 1. The molecular formula is C16H21ClI2N4Pt. The van der Waals surface area contributed by atoms with E-state index in [2.05, 4.69) is 76.5 Å². The quantitative estimate of drug-likeness (QED) is 0.322. The van der Waals surface area contributed by atoms with E-state index in [4.69, 9.17) is 11.6 Å². The Morgan fingerprint density at radius 1 is 1.25 bits per heavy atom. The van der Waals surface area contributed by atoms with Crippen LogP contribution in [0, 0.1) is 3.80 Å². The first-order chi connectivity index (χ1) is 11.5. The molecular weight excluding hydrogens is 733 g/mol. The third-order valence-electron chi connectivity index (χ3n) is 3.95. The average molecular weight is 754 g/mol. The van der Waals surface area contributed by atoms with Crippen LogP contribution in [0.2, 0.25) is 5.02 Å². The van der Waals surface area contributed by atoms with Gasteiger partial charge in [-0.3, -0.25) is 0 Å². The maximum atomic E-state index is 5.73. The van der Waals surface area contributed by atoms with Crippen LogP contribution < -0.4 is 0 Å². The third kappa shape index (κ3) is 7.17. The summed E-state index contributed by atoms with van der Waals surface area (Å²) in [6, 6.07) is 7.89. The van der Waals surface area contributed by atoms with Gasteiger partial charge in [0.05, 0.1) is 0 Å². The number of hydrogen-bond acceptors (Lipinski definition) is 2. The molecule has 1 aliphatic rings. The second-order valence-electron chi connectivity index (χ2n) is 5.82. The Labute approximate surface area is 187 Å². The molecule has 1 N–H and O–H groups in total. The summed E-state index contributed by atoms with van der Waals surface area (Å²) in [7, 11) is 1.99. The fraction of sp³-hybridized carbons (Fsp3) is 0.500. The van der Waals surface area contributed by atoms with Crippen LogP contribution in [0.1, 0.15) is 49.4 Å². The van der Waals surface area contributed by atoms with Gasteiger partial charge in [-0.25, -0.2) is 0 Å². The predicted octanol–water partition coefficient (Wildman–Crippen LogP) is 5.72. The normalized spacial score (nSPS) is 15.3. The molecule has 0 aliphatic heterocycles. The van der Waals surface area contributed by atoms with Crippen molar-refractivity contribution in [2.75, 3.05) is 0 Å². The monoisotopic (exact) mass is 753 g/mol. The van der Waals surface area contributed by atoms with Gasteiger partial charge in [0.2, 0.25) is 0 Å². The van der Waals surface area contributed by atoms with Gasteiger partial charge in [-0.2, -0.15) is 1.33 Å². The van der Waals surface area contributed by atoms with E-state index >= 15 is 0 Å². The number of aryl methyl sites for hydroxylation is 1. The van der Waals surface area contributed by atoms with Crippen molar-refractivity contribution in [1.29, 1.82) is 0 Å². The van der Waals surface area contributed by atoms with Crippen LogP contribution in [0.25, 0.3) is 0 Å². The molecule has 0 saturated heterocycles. The van der Waals surface area contributed by atoms with E-state index in [0.717, 1.165) is 15.4 Å². The van der Waals surface area contributed by atoms with Gasteiger partial charge in [0.1, 0.15) is 0 Å². The van der Waals surface area contributed by atoms with Gasteiger partial charge in [-0.1, -0.05) is 23.7 Å². The van der Waals surface area contributed by atoms with Crippen LogP contribution >= 0.6 is 57.3 Å². The Kier molecular flexibility index (Phi) is 9.48. The number of rotatable bonds is 3. The fourth-order valence-electron chi connectivity index (χ4n) is 2.69. The number of hydrogen-bond donors (Lipinski definition) is 1. The number of nitrogens with zero attached hydrogens (tertiary/aromatic N) is 3. The standard InChI is InChI=1S/C9H15N3.C7H6ClI2N.Pt/c1-12-7-10-9(11-12)8-5-3-2-4-6-8;8-7-3-1-6(2-4-7)5-11(9)10;/h8H,2-6H2,1H3,(H,10,11);1-4H,5H2;. The minimum atomic E-state index is 0.684. The van der Waals surface area contributed by atoms with Crippen LogP contribution in [-0.2, 0) is 32.9 Å². The molecule has 8 heteroatoms. The predicted molar refractivity (Wildman–Crippen MR) is 112 cm³/mol. The van der Waals surface area contributed by atoms with Crippen molar-refractivity contribution < 1.29 is 19.4 Å². The second-order valence-corrected chi connectivity index (χ2v) is 11.5. The average Bonchev–Trinajstić information content (AvgIpc) is 2.90. The molecule has 1 aromatic heterocycles. The summed E-state index contributed by atoms with van der Waals surface area (Å²) in [5.74, 6) is 1.87. The van der Waals surface area contributed by atoms with Crippen molar-refractivity contribution in [3.8, 4) is 0 Å². The van der Waals surface area contributed by atoms with Gasteiger partial charge in [-0.05, 0) is 17.7 Å². The fourth-order valence-corrected chi connectivity index (χ4v) is 4.01. The molecule has 24 heavy (non-hydrogen) atoms. The van der Waals surface area contributed by atoms with Crippen LogP contribution in [0.3, 0.4) is 0 Å². The molecule has 0 atom stereocenters. The Morgan fingerprint density at radius 2 is 1.88 bits per heavy atom. The molecule has 2 aromatic rings. The van der Waals surface area contributed by atoms with Gasteiger partial charge in [-0.15, -0.1) is 0 Å². The van der Waals surface area contributed by atoms with Crippen molar-refractivity contribution in [3.63, 3.8) is 0 Å². The summed E-state index contributed by atoms with van der Waals surface area (Å²) in [5, 5.41) is 5.28. The van der Waals surface area contributed by atoms with E-state index in [1.807, 2.05) is 36.0 Å². The summed E-state index contributed by atoms with van der Waals surface area (Å²) in [6.07, 6.45) is 6.76. The maximum absolute atomic E-state index is 5.73. The number of aromatic nitrogens is 3. The Balaban J connectivity index is 0.000000177. The van der Waals surface area contributed by atoms with Crippen LogP contribution in [-0.4, -0.2) is 16.1 Å². The van der Waals surface area contributed by atoms with Crippen LogP contribution in [0.15, 0.2) is 24.3 Å². The zero-order valence-corrected chi connectivity index (χ0v) is 20.8. The first-order valence-corrected chi connectivity index (χ1v) is 11.3. The second kappa shape index (κ2) is 10.8. The summed E-state index contributed by atoms with van der Waals surface area (Å²) < 4.78 is 5.12. The van der Waals surface area contributed by atoms with Gasteiger partial charge < -0.3 is 0 Å². The Hall–Kier alpha value is 0.758. The van der Waals surface area contributed by atoms with Gasteiger partial charge >= 0.3 is 88.8 Å². The molecule has 1 saturated carbocycles. The molecule has 1 aromatic carbocycles. The Morgan fingerprint density at radius 3 is 2.38 bits per heavy atom. The van der Waals surface area contributed by atoms with E-state index in [0.29, 0.717) is 5.92 Å². The number of benzene rings is 1. The van der Waals surface area contributed by atoms with Crippen LogP contribution in [0.4, 0.5) is 0 Å². The van der Waals surface area contributed by atoms with Crippen molar-refractivity contribution in [2.24, 2.45) is 7.05 Å². The van der Waals surface area contributed by atoms with E-state index in [1.165, 1.54) is 43.5 Å². The summed E-state index contributed by atoms with van der Waals surface area (Å²) >= 11 is 12.5. The van der Waals surface area contributed by atoms with Crippen molar-refractivity contribution in [2.45, 2.75) is 44.6 Å². The van der Waals surface area contributed by atoms with E-state index in [1.54, 1.807) is 0 Å².